The number of hydrogen-bond acceptors (Lipinski definition) is 5. The molecule has 120 valence electrons. The van der Waals surface area contributed by atoms with E-state index in [4.69, 9.17) is 9.47 Å². The monoisotopic (exact) mass is 308 g/mol. The van der Waals surface area contributed by atoms with E-state index in [1.165, 1.54) is 7.11 Å². The molecule has 7 heteroatoms. The van der Waals surface area contributed by atoms with E-state index in [-0.39, 0.29) is 12.7 Å². The van der Waals surface area contributed by atoms with Gasteiger partial charge in [-0.25, -0.2) is 9.59 Å². The minimum atomic E-state index is -0.679. The first-order valence-electron chi connectivity index (χ1n) is 7.02. The number of fused-ring (bicyclic) bond motifs is 1. The number of esters is 1. The maximum absolute atomic E-state index is 11.9. The summed E-state index contributed by atoms with van der Waals surface area (Å²) in [5.41, 5.74) is 0.874. The number of urea groups is 1. The molecule has 2 N–H and O–H groups in total. The maximum atomic E-state index is 11.9. The third-order valence-electron chi connectivity index (χ3n) is 3.30. The van der Waals surface area contributed by atoms with Gasteiger partial charge < -0.3 is 24.8 Å². The number of carbonyl (C=O) groups is 2. The summed E-state index contributed by atoms with van der Waals surface area (Å²) < 4.78 is 15.2. The molecule has 0 unspecified atom stereocenters. The number of methoxy groups -OCH3 is 1. The molecule has 1 atom stereocenters. The molecule has 0 aliphatic carbocycles. The van der Waals surface area contributed by atoms with Crippen molar-refractivity contribution in [3.05, 3.63) is 23.8 Å². The van der Waals surface area contributed by atoms with Crippen molar-refractivity contribution in [1.29, 1.82) is 0 Å². The van der Waals surface area contributed by atoms with E-state index in [1.807, 2.05) is 26.0 Å². The van der Waals surface area contributed by atoms with Crippen LogP contribution < -0.4 is 20.1 Å². The number of carbonyl (C=O) groups excluding carboxylic acids is 2. The molecule has 1 heterocycles. The molecular weight excluding hydrogens is 288 g/mol. The van der Waals surface area contributed by atoms with Crippen LogP contribution in [-0.2, 0) is 16.1 Å². The SMILES string of the molecule is COC(=O)[C@H](NC(=O)NCc1ccc2c(c1)OCO2)C(C)C. The Morgan fingerprint density at radius 1 is 1.27 bits per heavy atom. The summed E-state index contributed by atoms with van der Waals surface area (Å²) in [6, 6.07) is 4.34. The zero-order valence-electron chi connectivity index (χ0n) is 12.8. The fraction of sp³-hybridized carbons (Fsp3) is 0.467. The smallest absolute Gasteiger partial charge is 0.328 e. The zero-order valence-corrected chi connectivity index (χ0v) is 12.8. The van der Waals surface area contributed by atoms with E-state index < -0.39 is 18.0 Å². The quantitative estimate of drug-likeness (QED) is 0.803. The van der Waals surface area contributed by atoms with Crippen molar-refractivity contribution in [2.75, 3.05) is 13.9 Å². The van der Waals surface area contributed by atoms with Crippen LogP contribution in [0.3, 0.4) is 0 Å². The second kappa shape index (κ2) is 7.02. The largest absolute Gasteiger partial charge is 0.467 e. The van der Waals surface area contributed by atoms with Crippen molar-refractivity contribution in [3.63, 3.8) is 0 Å². The van der Waals surface area contributed by atoms with Crippen LogP contribution in [0, 0.1) is 5.92 Å². The fourth-order valence-corrected chi connectivity index (χ4v) is 2.05. The van der Waals surface area contributed by atoms with Crippen LogP contribution in [0.15, 0.2) is 18.2 Å². The zero-order chi connectivity index (χ0) is 16.1. The molecule has 0 spiro atoms. The first-order valence-corrected chi connectivity index (χ1v) is 7.02. The van der Waals surface area contributed by atoms with Crippen LogP contribution in [0.2, 0.25) is 0 Å². The molecule has 0 bridgehead atoms. The van der Waals surface area contributed by atoms with Gasteiger partial charge in [-0.2, -0.15) is 0 Å². The van der Waals surface area contributed by atoms with E-state index in [0.717, 1.165) is 5.56 Å². The lowest BCUT2D eigenvalue weighted by atomic mass is 10.1. The summed E-state index contributed by atoms with van der Waals surface area (Å²) in [6.45, 7) is 4.19. The van der Waals surface area contributed by atoms with E-state index >= 15 is 0 Å². The molecule has 2 rings (SSSR count). The number of amides is 2. The van der Waals surface area contributed by atoms with Crippen molar-refractivity contribution >= 4 is 12.0 Å². The fourth-order valence-electron chi connectivity index (χ4n) is 2.05. The van der Waals surface area contributed by atoms with Crippen LogP contribution in [0.5, 0.6) is 11.5 Å². The highest BCUT2D eigenvalue weighted by Crippen LogP contribution is 2.32. The summed E-state index contributed by atoms with van der Waals surface area (Å²) in [7, 11) is 1.30. The van der Waals surface area contributed by atoms with E-state index in [2.05, 4.69) is 15.4 Å². The van der Waals surface area contributed by atoms with Crippen LogP contribution in [0.4, 0.5) is 4.79 Å². The van der Waals surface area contributed by atoms with Gasteiger partial charge in [0.15, 0.2) is 11.5 Å². The summed E-state index contributed by atoms with van der Waals surface area (Å²) >= 11 is 0. The van der Waals surface area contributed by atoms with E-state index in [9.17, 15) is 9.59 Å². The van der Waals surface area contributed by atoms with Crippen LogP contribution in [-0.4, -0.2) is 31.9 Å². The summed E-state index contributed by atoms with van der Waals surface area (Å²) in [5, 5.41) is 5.31. The minimum absolute atomic E-state index is 0.0660. The Morgan fingerprint density at radius 3 is 2.68 bits per heavy atom. The molecule has 1 aromatic carbocycles. The lowest BCUT2D eigenvalue weighted by molar-refractivity contribution is -0.143. The number of hydrogen-bond donors (Lipinski definition) is 2. The minimum Gasteiger partial charge on any atom is -0.467 e. The molecule has 0 radical (unpaired) electrons. The molecular formula is C15H20N2O5. The molecule has 0 aromatic heterocycles. The van der Waals surface area contributed by atoms with Gasteiger partial charge in [-0.1, -0.05) is 19.9 Å². The second-order valence-corrected chi connectivity index (χ2v) is 5.26. The lowest BCUT2D eigenvalue weighted by Gasteiger charge is -2.20. The van der Waals surface area contributed by atoms with Gasteiger partial charge in [0.2, 0.25) is 6.79 Å². The number of benzene rings is 1. The van der Waals surface area contributed by atoms with Crippen molar-refractivity contribution in [2.24, 2.45) is 5.92 Å². The van der Waals surface area contributed by atoms with Gasteiger partial charge >= 0.3 is 12.0 Å². The van der Waals surface area contributed by atoms with E-state index in [1.54, 1.807) is 6.07 Å². The van der Waals surface area contributed by atoms with Crippen molar-refractivity contribution in [1.82, 2.24) is 10.6 Å². The van der Waals surface area contributed by atoms with Gasteiger partial charge in [0, 0.05) is 6.54 Å². The second-order valence-electron chi connectivity index (χ2n) is 5.26. The molecule has 2 amide bonds. The first kappa shape index (κ1) is 15.9. The Morgan fingerprint density at radius 2 is 2.00 bits per heavy atom. The van der Waals surface area contributed by atoms with E-state index in [0.29, 0.717) is 18.0 Å². The van der Waals surface area contributed by atoms with Gasteiger partial charge in [0.05, 0.1) is 7.11 Å². The predicted octanol–water partition coefficient (Wildman–Crippen LogP) is 1.41. The Hall–Kier alpha value is -2.44. The Bertz CT molecular complexity index is 559. The normalized spacial score (nSPS) is 13.6. The average Bonchev–Trinajstić information content (AvgIpc) is 2.97. The Balaban J connectivity index is 1.88. The topological polar surface area (TPSA) is 85.9 Å². The number of ether oxygens (including phenoxy) is 3. The van der Waals surface area contributed by atoms with Gasteiger partial charge in [0.1, 0.15) is 6.04 Å². The highest BCUT2D eigenvalue weighted by atomic mass is 16.7. The lowest BCUT2D eigenvalue weighted by Crippen LogP contribution is -2.48. The van der Waals surface area contributed by atoms with Gasteiger partial charge in [-0.3, -0.25) is 0 Å². The van der Waals surface area contributed by atoms with Crippen molar-refractivity contribution < 1.29 is 23.8 Å². The maximum Gasteiger partial charge on any atom is 0.328 e. The summed E-state index contributed by atoms with van der Waals surface area (Å²) in [5.74, 6) is 0.824. The van der Waals surface area contributed by atoms with Gasteiger partial charge in [-0.15, -0.1) is 0 Å². The summed E-state index contributed by atoms with van der Waals surface area (Å²) in [6.07, 6.45) is 0. The molecule has 7 nitrogen and oxygen atoms in total. The number of rotatable bonds is 5. The Kier molecular flexibility index (Phi) is 5.08. The predicted molar refractivity (Wildman–Crippen MR) is 78.6 cm³/mol. The third kappa shape index (κ3) is 3.81. The molecule has 0 saturated carbocycles. The van der Waals surface area contributed by atoms with Gasteiger partial charge in [-0.05, 0) is 23.6 Å². The third-order valence-corrected chi connectivity index (χ3v) is 3.30. The van der Waals surface area contributed by atoms with Crippen molar-refractivity contribution in [2.45, 2.75) is 26.4 Å². The highest BCUT2D eigenvalue weighted by molar-refractivity contribution is 5.83. The summed E-state index contributed by atoms with van der Waals surface area (Å²) in [4.78, 5) is 23.5. The molecule has 0 fully saturated rings. The highest BCUT2D eigenvalue weighted by Gasteiger charge is 2.24. The van der Waals surface area contributed by atoms with Crippen molar-refractivity contribution in [3.8, 4) is 11.5 Å². The van der Waals surface area contributed by atoms with Crippen LogP contribution in [0.1, 0.15) is 19.4 Å². The first-order chi connectivity index (χ1) is 10.5. The number of nitrogens with one attached hydrogen (secondary N) is 2. The standard InChI is InChI=1S/C15H20N2O5/c1-9(2)13(14(18)20-3)17-15(19)16-7-10-4-5-11-12(6-10)22-8-21-11/h4-6,9,13H,7-8H2,1-3H3,(H2,16,17,19)/t13-/m1/s1. The molecule has 1 aliphatic heterocycles. The molecule has 1 aromatic rings. The molecule has 1 aliphatic rings. The molecule has 22 heavy (non-hydrogen) atoms. The van der Waals surface area contributed by atoms with Crippen LogP contribution >= 0.6 is 0 Å². The average molecular weight is 308 g/mol. The van der Waals surface area contributed by atoms with Gasteiger partial charge in [0.25, 0.3) is 0 Å². The molecule has 0 saturated heterocycles. The van der Waals surface area contributed by atoms with Crippen LogP contribution in [0.25, 0.3) is 0 Å². The Labute approximate surface area is 128 Å².